The molecule has 1 aromatic carbocycles. The van der Waals surface area contributed by atoms with E-state index in [0.717, 1.165) is 54.5 Å². The molecule has 1 saturated heterocycles. The van der Waals surface area contributed by atoms with Crippen LogP contribution in [-0.2, 0) is 18.4 Å². The number of oxazole rings is 1. The van der Waals surface area contributed by atoms with Gasteiger partial charge in [-0.15, -0.1) is 11.3 Å². The molecule has 1 aliphatic heterocycles. The zero-order chi connectivity index (χ0) is 18.3. The number of carbonyl (C=O) groups is 1. The second-order valence-corrected chi connectivity index (χ2v) is 7.46. The Hall–Kier alpha value is -2.45. The number of piperazine rings is 1. The fourth-order valence-electron chi connectivity index (χ4n) is 3.22. The normalized spacial score (nSPS) is 15.7. The lowest BCUT2D eigenvalue weighted by Crippen LogP contribution is -2.47. The summed E-state index contributed by atoms with van der Waals surface area (Å²) in [6, 6.07) is 5.71. The van der Waals surface area contributed by atoms with Crippen LogP contribution in [0.1, 0.15) is 11.9 Å². The Labute approximate surface area is 154 Å². The van der Waals surface area contributed by atoms with E-state index in [0.29, 0.717) is 5.58 Å². The SMILES string of the molecule is CC(=O)N1CCN(Cc2nc(-c3ccc4c(c3)oc(=O)n4C)cs2)CC1. The summed E-state index contributed by atoms with van der Waals surface area (Å²) >= 11 is 1.63. The van der Waals surface area contributed by atoms with Gasteiger partial charge >= 0.3 is 5.76 Å². The Morgan fingerprint density at radius 3 is 2.77 bits per heavy atom. The van der Waals surface area contributed by atoms with Gasteiger partial charge in [0.15, 0.2) is 5.58 Å². The molecule has 1 fully saturated rings. The predicted molar refractivity (Wildman–Crippen MR) is 100 cm³/mol. The molecule has 136 valence electrons. The maximum absolute atomic E-state index is 11.6. The van der Waals surface area contributed by atoms with Crippen molar-refractivity contribution in [1.82, 2.24) is 19.4 Å². The number of aryl methyl sites for hydroxylation is 1. The van der Waals surface area contributed by atoms with Crippen molar-refractivity contribution in [2.24, 2.45) is 7.05 Å². The van der Waals surface area contributed by atoms with E-state index < -0.39 is 0 Å². The summed E-state index contributed by atoms with van der Waals surface area (Å²) in [4.78, 5) is 32.0. The van der Waals surface area contributed by atoms with E-state index in [1.165, 1.54) is 4.57 Å². The van der Waals surface area contributed by atoms with E-state index in [2.05, 4.69) is 4.90 Å². The zero-order valence-corrected chi connectivity index (χ0v) is 15.6. The van der Waals surface area contributed by atoms with E-state index in [1.54, 1.807) is 25.3 Å². The quantitative estimate of drug-likeness (QED) is 0.702. The Morgan fingerprint density at radius 1 is 1.27 bits per heavy atom. The average Bonchev–Trinajstić information content (AvgIpc) is 3.20. The fraction of sp³-hybridized carbons (Fsp3) is 0.389. The van der Waals surface area contributed by atoms with Gasteiger partial charge in [0.1, 0.15) is 5.01 Å². The lowest BCUT2D eigenvalue weighted by Gasteiger charge is -2.33. The average molecular weight is 372 g/mol. The van der Waals surface area contributed by atoms with Crippen LogP contribution >= 0.6 is 11.3 Å². The topological polar surface area (TPSA) is 71.6 Å². The molecule has 0 aliphatic carbocycles. The van der Waals surface area contributed by atoms with Crippen molar-refractivity contribution in [3.8, 4) is 11.3 Å². The highest BCUT2D eigenvalue weighted by atomic mass is 32.1. The number of hydrogen-bond donors (Lipinski definition) is 0. The molecule has 0 radical (unpaired) electrons. The van der Waals surface area contributed by atoms with Gasteiger partial charge < -0.3 is 9.32 Å². The van der Waals surface area contributed by atoms with Crippen LogP contribution < -0.4 is 5.76 Å². The lowest BCUT2D eigenvalue weighted by atomic mass is 10.1. The second-order valence-electron chi connectivity index (χ2n) is 6.52. The molecule has 0 saturated carbocycles. The molecule has 7 nitrogen and oxygen atoms in total. The van der Waals surface area contributed by atoms with Gasteiger partial charge in [0.2, 0.25) is 5.91 Å². The van der Waals surface area contributed by atoms with E-state index in [-0.39, 0.29) is 11.7 Å². The fourth-order valence-corrected chi connectivity index (χ4v) is 4.07. The molecule has 0 N–H and O–H groups in total. The van der Waals surface area contributed by atoms with Crippen molar-refractivity contribution in [3.63, 3.8) is 0 Å². The third-order valence-corrected chi connectivity index (χ3v) is 5.65. The molecular formula is C18H20N4O3S. The van der Waals surface area contributed by atoms with Gasteiger partial charge in [0.25, 0.3) is 0 Å². The summed E-state index contributed by atoms with van der Waals surface area (Å²) < 4.78 is 6.75. The first-order valence-corrected chi connectivity index (χ1v) is 9.41. The molecule has 4 rings (SSSR count). The van der Waals surface area contributed by atoms with Crippen molar-refractivity contribution in [2.45, 2.75) is 13.5 Å². The van der Waals surface area contributed by atoms with Crippen LogP contribution in [0.25, 0.3) is 22.4 Å². The summed E-state index contributed by atoms with van der Waals surface area (Å²) in [5.74, 6) is -0.218. The molecule has 1 amide bonds. The van der Waals surface area contributed by atoms with E-state index in [1.807, 2.05) is 28.5 Å². The minimum Gasteiger partial charge on any atom is -0.408 e. The minimum absolute atomic E-state index is 0.143. The zero-order valence-electron chi connectivity index (χ0n) is 14.8. The number of benzene rings is 1. The molecule has 8 heteroatoms. The third kappa shape index (κ3) is 3.17. The summed E-state index contributed by atoms with van der Waals surface area (Å²) in [5.41, 5.74) is 3.18. The number of rotatable bonds is 3. The first-order chi connectivity index (χ1) is 12.5. The summed E-state index contributed by atoms with van der Waals surface area (Å²) in [6.07, 6.45) is 0. The molecule has 3 heterocycles. The number of thiazole rings is 1. The van der Waals surface area contributed by atoms with Crippen LogP contribution in [0.4, 0.5) is 0 Å². The monoisotopic (exact) mass is 372 g/mol. The largest absolute Gasteiger partial charge is 0.419 e. The van der Waals surface area contributed by atoms with Gasteiger partial charge in [-0.3, -0.25) is 14.3 Å². The van der Waals surface area contributed by atoms with Gasteiger partial charge in [-0.05, 0) is 12.1 Å². The van der Waals surface area contributed by atoms with Crippen LogP contribution in [0.5, 0.6) is 0 Å². The second kappa shape index (κ2) is 6.69. The molecule has 26 heavy (non-hydrogen) atoms. The van der Waals surface area contributed by atoms with Crippen molar-refractivity contribution < 1.29 is 9.21 Å². The maximum Gasteiger partial charge on any atom is 0.419 e. The van der Waals surface area contributed by atoms with Gasteiger partial charge in [-0.25, -0.2) is 9.78 Å². The first kappa shape index (κ1) is 17.0. The number of nitrogens with zero attached hydrogens (tertiary/aromatic N) is 4. The van der Waals surface area contributed by atoms with Crippen LogP contribution in [-0.4, -0.2) is 51.4 Å². The van der Waals surface area contributed by atoms with Crippen molar-refractivity contribution in [1.29, 1.82) is 0 Å². The summed E-state index contributed by atoms with van der Waals surface area (Å²) in [5, 5.41) is 3.08. The summed E-state index contributed by atoms with van der Waals surface area (Å²) in [6.45, 7) is 5.70. The van der Waals surface area contributed by atoms with E-state index in [9.17, 15) is 9.59 Å². The highest BCUT2D eigenvalue weighted by Crippen LogP contribution is 2.26. The van der Waals surface area contributed by atoms with Gasteiger partial charge in [-0.1, -0.05) is 6.07 Å². The Balaban J connectivity index is 1.48. The molecular weight excluding hydrogens is 352 g/mol. The first-order valence-electron chi connectivity index (χ1n) is 8.53. The van der Waals surface area contributed by atoms with Gasteiger partial charge in [-0.2, -0.15) is 0 Å². The van der Waals surface area contributed by atoms with Crippen molar-refractivity contribution in [2.75, 3.05) is 26.2 Å². The van der Waals surface area contributed by atoms with Crippen molar-refractivity contribution >= 4 is 28.3 Å². The molecule has 0 bridgehead atoms. The molecule has 0 atom stereocenters. The van der Waals surface area contributed by atoms with E-state index >= 15 is 0 Å². The lowest BCUT2D eigenvalue weighted by molar-refractivity contribution is -0.130. The predicted octanol–water partition coefficient (Wildman–Crippen LogP) is 1.92. The molecule has 1 aliphatic rings. The smallest absolute Gasteiger partial charge is 0.408 e. The highest BCUT2D eigenvalue weighted by molar-refractivity contribution is 7.09. The molecule has 3 aromatic rings. The van der Waals surface area contributed by atoms with Crippen LogP contribution in [0.2, 0.25) is 0 Å². The van der Waals surface area contributed by atoms with Crippen LogP contribution in [0, 0.1) is 0 Å². The number of aromatic nitrogens is 2. The maximum atomic E-state index is 11.6. The molecule has 0 spiro atoms. The third-order valence-electron chi connectivity index (χ3n) is 4.82. The van der Waals surface area contributed by atoms with Gasteiger partial charge in [0.05, 0.1) is 17.8 Å². The van der Waals surface area contributed by atoms with Gasteiger partial charge in [0, 0.05) is 51.1 Å². The number of carbonyl (C=O) groups excluding carboxylic acids is 1. The van der Waals surface area contributed by atoms with Crippen molar-refractivity contribution in [3.05, 3.63) is 39.1 Å². The Bertz CT molecular complexity index is 1010. The minimum atomic E-state index is -0.360. The van der Waals surface area contributed by atoms with Crippen LogP contribution in [0.15, 0.2) is 32.8 Å². The summed E-state index contributed by atoms with van der Waals surface area (Å²) in [7, 11) is 1.70. The number of amides is 1. The highest BCUT2D eigenvalue weighted by Gasteiger charge is 2.19. The number of fused-ring (bicyclic) bond motifs is 1. The van der Waals surface area contributed by atoms with E-state index in [4.69, 9.17) is 9.40 Å². The number of hydrogen-bond acceptors (Lipinski definition) is 6. The Kier molecular flexibility index (Phi) is 4.37. The van der Waals surface area contributed by atoms with Crippen LogP contribution in [0.3, 0.4) is 0 Å². The Morgan fingerprint density at radius 2 is 2.04 bits per heavy atom. The molecule has 2 aromatic heterocycles. The standard InChI is InChI=1S/C18H20N4O3S/c1-12(23)22-7-5-21(6-8-22)10-17-19-14(11-26-17)13-3-4-15-16(9-13)25-18(24)20(15)2/h3-4,9,11H,5-8,10H2,1-2H3. The molecule has 0 unspecified atom stereocenters.